The van der Waals surface area contributed by atoms with E-state index in [1.165, 1.54) is 24.3 Å². The van der Waals surface area contributed by atoms with Gasteiger partial charge in [0.25, 0.3) is 5.69 Å². The lowest BCUT2D eigenvalue weighted by atomic mass is 10.1. The maximum atomic E-state index is 13.2. The Morgan fingerprint density at radius 1 is 1.03 bits per heavy atom. The SMILES string of the molecule is O=[N+]([O-])c1ccc(OCCn2c(-c3cc(-c4ccc(F)cc4)on3)nc3ccccc32)cc1. The molecule has 0 unspecified atom stereocenters. The first-order valence-electron chi connectivity index (χ1n) is 10.1. The van der Waals surface area contributed by atoms with Crippen LogP contribution in [0.5, 0.6) is 5.75 Å². The molecule has 2 aromatic heterocycles. The lowest BCUT2D eigenvalue weighted by Gasteiger charge is -2.09. The number of aromatic nitrogens is 3. The first-order valence-corrected chi connectivity index (χ1v) is 10.1. The molecule has 0 amide bonds. The summed E-state index contributed by atoms with van der Waals surface area (Å²) in [5.41, 5.74) is 2.97. The van der Waals surface area contributed by atoms with Crippen molar-refractivity contribution in [2.45, 2.75) is 6.54 Å². The number of fused-ring (bicyclic) bond motifs is 1. The van der Waals surface area contributed by atoms with Gasteiger partial charge in [-0.05, 0) is 48.5 Å². The van der Waals surface area contributed by atoms with Crippen molar-refractivity contribution in [1.29, 1.82) is 0 Å². The van der Waals surface area contributed by atoms with Crippen LogP contribution in [0.4, 0.5) is 10.1 Å². The van der Waals surface area contributed by atoms with E-state index < -0.39 is 4.92 Å². The van der Waals surface area contributed by atoms with E-state index in [2.05, 4.69) is 5.16 Å². The largest absolute Gasteiger partial charge is 0.492 e. The van der Waals surface area contributed by atoms with Gasteiger partial charge in [0.15, 0.2) is 11.6 Å². The highest BCUT2D eigenvalue weighted by molar-refractivity contribution is 5.80. The number of non-ortho nitro benzene ring substituents is 1. The number of imidazole rings is 1. The quantitative estimate of drug-likeness (QED) is 0.243. The molecule has 33 heavy (non-hydrogen) atoms. The Bertz CT molecular complexity index is 1430. The van der Waals surface area contributed by atoms with Crippen molar-refractivity contribution in [2.24, 2.45) is 0 Å². The van der Waals surface area contributed by atoms with E-state index in [1.807, 2.05) is 28.8 Å². The number of halogens is 1. The molecule has 0 aliphatic heterocycles. The Hall–Kier alpha value is -4.53. The number of hydrogen-bond acceptors (Lipinski definition) is 6. The van der Waals surface area contributed by atoms with Gasteiger partial charge >= 0.3 is 0 Å². The fourth-order valence-electron chi connectivity index (χ4n) is 3.55. The lowest BCUT2D eigenvalue weighted by molar-refractivity contribution is -0.384. The molecule has 5 aromatic rings. The summed E-state index contributed by atoms with van der Waals surface area (Å²) in [6, 6.07) is 21.4. The highest BCUT2D eigenvalue weighted by Gasteiger charge is 2.17. The second kappa shape index (κ2) is 8.54. The molecule has 0 atom stereocenters. The van der Waals surface area contributed by atoms with Crippen LogP contribution >= 0.6 is 0 Å². The fraction of sp³-hybridized carbons (Fsp3) is 0.0833. The predicted molar refractivity (Wildman–Crippen MR) is 119 cm³/mol. The minimum absolute atomic E-state index is 0.00762. The van der Waals surface area contributed by atoms with Crippen molar-refractivity contribution >= 4 is 16.7 Å². The maximum absolute atomic E-state index is 13.2. The summed E-state index contributed by atoms with van der Waals surface area (Å²) in [4.78, 5) is 15.1. The Morgan fingerprint density at radius 3 is 2.55 bits per heavy atom. The first-order chi connectivity index (χ1) is 16.1. The summed E-state index contributed by atoms with van der Waals surface area (Å²) in [6.07, 6.45) is 0. The van der Waals surface area contributed by atoms with Gasteiger partial charge in [-0.2, -0.15) is 0 Å². The highest BCUT2D eigenvalue weighted by atomic mass is 19.1. The highest BCUT2D eigenvalue weighted by Crippen LogP contribution is 2.28. The maximum Gasteiger partial charge on any atom is 0.269 e. The number of benzene rings is 3. The zero-order valence-electron chi connectivity index (χ0n) is 17.2. The molecule has 8 nitrogen and oxygen atoms in total. The van der Waals surface area contributed by atoms with E-state index in [1.54, 1.807) is 30.3 Å². The Kier molecular flexibility index (Phi) is 5.27. The van der Waals surface area contributed by atoms with E-state index in [4.69, 9.17) is 14.2 Å². The van der Waals surface area contributed by atoms with Crippen LogP contribution in [0.2, 0.25) is 0 Å². The number of hydrogen-bond donors (Lipinski definition) is 0. The zero-order valence-corrected chi connectivity index (χ0v) is 17.2. The Labute approximate surface area is 187 Å². The molecule has 0 spiro atoms. The molecule has 164 valence electrons. The Morgan fingerprint density at radius 2 is 1.79 bits per heavy atom. The van der Waals surface area contributed by atoms with Crippen molar-refractivity contribution in [3.05, 3.63) is 94.8 Å². The third kappa shape index (κ3) is 4.16. The number of para-hydroxylation sites is 2. The van der Waals surface area contributed by atoms with Gasteiger partial charge < -0.3 is 13.8 Å². The molecule has 3 aromatic carbocycles. The number of ether oxygens (including phenoxy) is 1. The van der Waals surface area contributed by atoms with E-state index in [9.17, 15) is 14.5 Å². The Balaban J connectivity index is 1.41. The molecule has 0 saturated heterocycles. The second-order valence-electron chi connectivity index (χ2n) is 7.26. The van der Waals surface area contributed by atoms with Gasteiger partial charge in [-0.3, -0.25) is 10.1 Å². The van der Waals surface area contributed by atoms with Crippen LogP contribution in [0.15, 0.2) is 83.4 Å². The van der Waals surface area contributed by atoms with Gasteiger partial charge in [-0.15, -0.1) is 0 Å². The minimum Gasteiger partial charge on any atom is -0.492 e. The normalized spacial score (nSPS) is 11.1. The first kappa shape index (κ1) is 20.4. The summed E-state index contributed by atoms with van der Waals surface area (Å²) in [5, 5.41) is 15.0. The van der Waals surface area contributed by atoms with Gasteiger partial charge in [0, 0.05) is 23.8 Å². The third-order valence-electron chi connectivity index (χ3n) is 5.15. The molecule has 2 heterocycles. The second-order valence-corrected chi connectivity index (χ2v) is 7.26. The number of nitro groups is 1. The number of nitro benzene ring substituents is 1. The van der Waals surface area contributed by atoms with E-state index in [0.29, 0.717) is 41.7 Å². The molecule has 0 aliphatic rings. The molecular formula is C24H17FN4O4. The summed E-state index contributed by atoms with van der Waals surface area (Å²) < 4.78 is 26.5. The van der Waals surface area contributed by atoms with Crippen molar-refractivity contribution in [3.8, 4) is 28.6 Å². The standard InChI is InChI=1S/C24H17FN4O4/c25-17-7-5-16(6-8-17)23-15-21(27-33-23)24-26-20-3-1-2-4-22(20)28(24)13-14-32-19-11-9-18(10-12-19)29(30)31/h1-12,15H,13-14H2. The third-order valence-corrected chi connectivity index (χ3v) is 5.15. The molecule has 0 fully saturated rings. The molecule has 0 N–H and O–H groups in total. The summed E-state index contributed by atoms with van der Waals surface area (Å²) in [5.74, 6) is 1.33. The van der Waals surface area contributed by atoms with Crippen LogP contribution in [-0.4, -0.2) is 26.2 Å². The van der Waals surface area contributed by atoms with Crippen molar-refractivity contribution < 1.29 is 18.6 Å². The molecule has 9 heteroatoms. The monoisotopic (exact) mass is 444 g/mol. The summed E-state index contributed by atoms with van der Waals surface area (Å²) in [6.45, 7) is 0.777. The average molecular weight is 444 g/mol. The van der Waals surface area contributed by atoms with E-state index in [-0.39, 0.29) is 11.5 Å². The fourth-order valence-corrected chi connectivity index (χ4v) is 3.55. The van der Waals surface area contributed by atoms with Crippen molar-refractivity contribution in [3.63, 3.8) is 0 Å². The lowest BCUT2D eigenvalue weighted by Crippen LogP contribution is -2.09. The molecule has 0 aliphatic carbocycles. The summed E-state index contributed by atoms with van der Waals surface area (Å²) in [7, 11) is 0. The van der Waals surface area contributed by atoms with Gasteiger partial charge in [0.2, 0.25) is 0 Å². The molecular weight excluding hydrogens is 427 g/mol. The molecule has 0 radical (unpaired) electrons. The van der Waals surface area contributed by atoms with Crippen LogP contribution in [0.25, 0.3) is 33.9 Å². The number of rotatable bonds is 7. The predicted octanol–water partition coefficient (Wildman–Crippen LogP) is 5.48. The van der Waals surface area contributed by atoms with Gasteiger partial charge in [-0.1, -0.05) is 17.3 Å². The average Bonchev–Trinajstić information content (AvgIpc) is 3.45. The molecule has 5 rings (SSSR count). The minimum atomic E-state index is -0.453. The van der Waals surface area contributed by atoms with Crippen LogP contribution in [-0.2, 0) is 6.54 Å². The van der Waals surface area contributed by atoms with Gasteiger partial charge in [0.05, 0.1) is 22.5 Å². The van der Waals surface area contributed by atoms with Crippen LogP contribution in [0.3, 0.4) is 0 Å². The molecule has 0 bridgehead atoms. The van der Waals surface area contributed by atoms with Crippen LogP contribution < -0.4 is 4.74 Å². The van der Waals surface area contributed by atoms with E-state index in [0.717, 1.165) is 11.0 Å². The van der Waals surface area contributed by atoms with Crippen molar-refractivity contribution in [1.82, 2.24) is 14.7 Å². The van der Waals surface area contributed by atoms with Crippen molar-refractivity contribution in [2.75, 3.05) is 6.61 Å². The number of nitrogens with zero attached hydrogens (tertiary/aromatic N) is 4. The van der Waals surface area contributed by atoms with Crippen LogP contribution in [0.1, 0.15) is 0 Å². The smallest absolute Gasteiger partial charge is 0.269 e. The van der Waals surface area contributed by atoms with Gasteiger partial charge in [-0.25, -0.2) is 9.37 Å². The van der Waals surface area contributed by atoms with E-state index >= 15 is 0 Å². The topological polar surface area (TPSA) is 96.2 Å². The van der Waals surface area contributed by atoms with Crippen LogP contribution in [0, 0.1) is 15.9 Å². The van der Waals surface area contributed by atoms with Gasteiger partial charge in [0.1, 0.15) is 23.9 Å². The summed E-state index contributed by atoms with van der Waals surface area (Å²) >= 11 is 0. The molecule has 0 saturated carbocycles. The zero-order chi connectivity index (χ0) is 22.8.